The van der Waals surface area contributed by atoms with Gasteiger partial charge in [0.2, 0.25) is 23.0 Å². The van der Waals surface area contributed by atoms with Crippen molar-refractivity contribution in [2.24, 2.45) is 23.1 Å². The summed E-state index contributed by atoms with van der Waals surface area (Å²) in [5, 5.41) is 20.5. The van der Waals surface area contributed by atoms with Gasteiger partial charge < -0.3 is 26.0 Å². The molecule has 2 aliphatic heterocycles. The van der Waals surface area contributed by atoms with Crippen LogP contribution in [0.4, 0.5) is 0 Å². The molecule has 1 fully saturated rings. The number of hydrogen-bond donors (Lipinski definition) is 6. The third kappa shape index (κ3) is 4.48. The number of nitrogens with two attached hydrogens (primary N) is 3. The van der Waals surface area contributed by atoms with Crippen LogP contribution < -0.4 is 22.5 Å². The number of amides is 2. The van der Waals surface area contributed by atoms with Crippen LogP contribution in [0.1, 0.15) is 12.8 Å². The lowest BCUT2D eigenvalue weighted by atomic mass is 9.95. The van der Waals surface area contributed by atoms with Crippen molar-refractivity contribution in [2.45, 2.75) is 23.9 Å². The van der Waals surface area contributed by atoms with Crippen LogP contribution in [-0.4, -0.2) is 80.2 Å². The number of nitrogens with zero attached hydrogens (tertiary/aromatic N) is 1. The zero-order valence-electron chi connectivity index (χ0n) is 16.1. The highest BCUT2D eigenvalue weighted by atomic mass is 32.2. The molecule has 2 rings (SSSR count). The summed E-state index contributed by atoms with van der Waals surface area (Å²) in [7, 11) is 1.19. The van der Waals surface area contributed by atoms with Gasteiger partial charge in [-0.25, -0.2) is 16.3 Å². The molecule has 14 heteroatoms. The van der Waals surface area contributed by atoms with Gasteiger partial charge in [0, 0.05) is 18.4 Å². The Hall–Kier alpha value is -2.10. The van der Waals surface area contributed by atoms with Gasteiger partial charge in [0.25, 0.3) is 11.6 Å². The van der Waals surface area contributed by atoms with Gasteiger partial charge in [-0.3, -0.25) is 19.3 Å². The number of rotatable bonds is 10. The Morgan fingerprint density at radius 1 is 1.40 bits per heavy atom. The quantitative estimate of drug-likeness (QED) is 0.0642. The Labute approximate surface area is 180 Å². The fourth-order valence-electron chi connectivity index (χ4n) is 3.18. The second-order valence-corrected chi connectivity index (χ2v) is 8.65. The van der Waals surface area contributed by atoms with Gasteiger partial charge in [-0.1, -0.05) is 0 Å². The molecule has 2 amide bonds. The van der Waals surface area contributed by atoms with E-state index in [-0.39, 0.29) is 35.3 Å². The van der Waals surface area contributed by atoms with Crippen LogP contribution in [-0.2, 0) is 35.3 Å². The van der Waals surface area contributed by atoms with E-state index in [4.69, 9.17) is 21.9 Å². The van der Waals surface area contributed by atoms with E-state index < -0.39 is 40.8 Å². The first-order valence-electron chi connectivity index (χ1n) is 8.82. The third-order valence-electron chi connectivity index (χ3n) is 4.67. The van der Waals surface area contributed by atoms with Crippen LogP contribution in [0.15, 0.2) is 11.3 Å². The molecule has 12 nitrogen and oxygen atoms in total. The molecular formula is C16H24N5O7S2+. The zero-order valence-corrected chi connectivity index (χ0v) is 17.8. The molecular weight excluding hydrogens is 438 g/mol. The highest BCUT2D eigenvalue weighted by Crippen LogP contribution is 2.46. The molecule has 2 heterocycles. The monoisotopic (exact) mass is 462 g/mol. The number of carbonyl (C=O) groups excluding carboxylic acids is 2. The molecule has 0 aromatic rings. The average Bonchev–Trinajstić information content (AvgIpc) is 2.69. The van der Waals surface area contributed by atoms with E-state index in [1.54, 1.807) is 0 Å². The fraction of sp³-hybridized carbons (Fsp3) is 0.562. The minimum absolute atomic E-state index is 0.00810. The van der Waals surface area contributed by atoms with Crippen molar-refractivity contribution in [3.05, 3.63) is 11.3 Å². The molecule has 1 saturated heterocycles. The van der Waals surface area contributed by atoms with Crippen molar-refractivity contribution in [3.8, 4) is 0 Å². The Morgan fingerprint density at radius 3 is 2.57 bits per heavy atom. The zero-order chi connectivity index (χ0) is 22.6. The molecule has 0 saturated carbocycles. The van der Waals surface area contributed by atoms with Gasteiger partial charge in [-0.05, 0) is 19.4 Å². The van der Waals surface area contributed by atoms with Crippen LogP contribution in [0.5, 0.6) is 0 Å². The largest absolute Gasteiger partial charge is 0.481 e. The van der Waals surface area contributed by atoms with Gasteiger partial charge in [0.05, 0.1) is 0 Å². The van der Waals surface area contributed by atoms with Crippen molar-refractivity contribution in [1.29, 1.82) is 0 Å². The minimum atomic E-state index is -1.86. The Balaban J connectivity index is 2.31. The van der Waals surface area contributed by atoms with Crippen LogP contribution in [0, 0.1) is 5.92 Å². The lowest BCUT2D eigenvalue weighted by Crippen LogP contribution is -2.81. The van der Waals surface area contributed by atoms with Crippen LogP contribution in [0.3, 0.4) is 0 Å². The van der Waals surface area contributed by atoms with Gasteiger partial charge in [-0.15, -0.1) is 11.8 Å². The molecule has 0 spiro atoms. The number of carbonyl (C=O) groups is 4. The molecule has 0 aromatic carbocycles. The van der Waals surface area contributed by atoms with E-state index in [0.717, 1.165) is 16.3 Å². The van der Waals surface area contributed by atoms with E-state index >= 15 is 0 Å². The summed E-state index contributed by atoms with van der Waals surface area (Å²) in [4.78, 5) is 49.8. The highest BCUT2D eigenvalue weighted by Gasteiger charge is 2.67. The van der Waals surface area contributed by atoms with Crippen LogP contribution in [0.2, 0.25) is 0 Å². The van der Waals surface area contributed by atoms with Gasteiger partial charge in [0.15, 0.2) is 0 Å². The number of methoxy groups -OCH3 is 1. The third-order valence-corrected chi connectivity index (χ3v) is 6.87. The van der Waals surface area contributed by atoms with Crippen LogP contribution >= 0.6 is 11.8 Å². The molecule has 30 heavy (non-hydrogen) atoms. The second kappa shape index (κ2) is 9.80. The van der Waals surface area contributed by atoms with Crippen molar-refractivity contribution in [1.82, 2.24) is 10.2 Å². The SMILES string of the molecule is CO[C@@]1(NC(=O)C(CCCN)C(=O)O)C(=O)N2C(C(=O)O)=C(C[S+]=C(N)N)CS[C@H]21. The first kappa shape index (κ1) is 24.2. The predicted octanol–water partition coefficient (Wildman–Crippen LogP) is -2.77. The maximum absolute atomic E-state index is 12.9. The summed E-state index contributed by atoms with van der Waals surface area (Å²) in [6.45, 7) is 0.204. The summed E-state index contributed by atoms with van der Waals surface area (Å²) < 4.78 is 5.30. The Bertz CT molecular complexity index is 814. The number of carboxylic acid groups (broad SMARTS) is 2. The number of β-lactam (4-membered cyclic amide) rings is 1. The maximum Gasteiger partial charge on any atom is 0.352 e. The molecule has 0 aliphatic carbocycles. The highest BCUT2D eigenvalue weighted by molar-refractivity contribution is 8.00. The van der Waals surface area contributed by atoms with E-state index in [2.05, 4.69) is 5.32 Å². The first-order valence-corrected chi connectivity index (χ1v) is 10.9. The van der Waals surface area contributed by atoms with E-state index in [9.17, 15) is 29.4 Å². The number of carboxylic acids is 2. The Kier molecular flexibility index (Phi) is 7.90. The second-order valence-electron chi connectivity index (χ2n) is 6.54. The smallest absolute Gasteiger partial charge is 0.352 e. The number of ether oxygens (including phenoxy) is 1. The van der Waals surface area contributed by atoms with Crippen molar-refractivity contribution >= 4 is 52.0 Å². The lowest BCUT2D eigenvalue weighted by molar-refractivity contribution is -0.193. The van der Waals surface area contributed by atoms with Crippen molar-refractivity contribution < 1.29 is 34.1 Å². The number of hydrogen-bond acceptors (Lipinski definition) is 7. The molecule has 0 aromatic heterocycles. The van der Waals surface area contributed by atoms with Gasteiger partial charge >= 0.3 is 17.1 Å². The summed E-state index contributed by atoms with van der Waals surface area (Å²) in [6.07, 6.45) is 0.294. The molecule has 2 aliphatic rings. The molecule has 166 valence electrons. The summed E-state index contributed by atoms with van der Waals surface area (Å²) in [6, 6.07) is 0. The van der Waals surface area contributed by atoms with E-state index in [0.29, 0.717) is 12.0 Å². The van der Waals surface area contributed by atoms with Crippen molar-refractivity contribution in [2.75, 3.05) is 25.2 Å². The van der Waals surface area contributed by atoms with E-state index in [1.807, 2.05) is 0 Å². The number of nitrogens with one attached hydrogen (secondary N) is 1. The number of aliphatic carboxylic acids is 2. The van der Waals surface area contributed by atoms with Crippen molar-refractivity contribution in [3.63, 3.8) is 0 Å². The number of fused-ring (bicyclic) bond motifs is 1. The topological polar surface area (TPSA) is 211 Å². The van der Waals surface area contributed by atoms with Gasteiger partial charge in [0.1, 0.15) is 17.0 Å². The molecule has 9 N–H and O–H groups in total. The summed E-state index contributed by atoms with van der Waals surface area (Å²) in [5.74, 6) is -5.38. The minimum Gasteiger partial charge on any atom is -0.481 e. The standard InChI is InChI=1S/C16H23N5O7S2/c1-28-16(20-10(22)8(11(23)24)3-2-4-17)13(27)21-9(12(25)26)7(5-29-14(16)21)6-30-15(18)19/h8,14H,2-6,17-19H2,1H3,(H2-,20,22,23,24,25,26)/p+1/t8?,14-,16-/m0/s1. The maximum atomic E-state index is 12.9. The lowest BCUT2D eigenvalue weighted by Gasteiger charge is -2.55. The Morgan fingerprint density at radius 2 is 2.07 bits per heavy atom. The van der Waals surface area contributed by atoms with Gasteiger partial charge in [-0.2, -0.15) is 0 Å². The molecule has 3 atom stereocenters. The number of thioether (sulfide) groups is 1. The summed E-state index contributed by atoms with van der Waals surface area (Å²) in [5.41, 5.74) is 14.6. The molecule has 0 bridgehead atoms. The van der Waals surface area contributed by atoms with Crippen LogP contribution in [0.25, 0.3) is 0 Å². The van der Waals surface area contributed by atoms with E-state index in [1.165, 1.54) is 18.9 Å². The summed E-state index contributed by atoms with van der Waals surface area (Å²) >= 11 is 2.22. The fourth-order valence-corrected chi connectivity index (χ4v) is 5.33. The first-order chi connectivity index (χ1) is 14.1. The normalized spacial score (nSPS) is 23.9. The molecule has 0 radical (unpaired) electrons. The average molecular weight is 463 g/mol. The predicted molar refractivity (Wildman–Crippen MR) is 111 cm³/mol. The molecule has 1 unspecified atom stereocenters.